The van der Waals surface area contributed by atoms with Gasteiger partial charge in [0.1, 0.15) is 5.69 Å². The Labute approximate surface area is 242 Å². The minimum atomic E-state index is -3.81. The van der Waals surface area contributed by atoms with Crippen molar-refractivity contribution in [3.05, 3.63) is 84.1 Å². The van der Waals surface area contributed by atoms with Crippen molar-refractivity contribution in [3.8, 4) is 11.1 Å². The molecule has 0 spiro atoms. The topological polar surface area (TPSA) is 94.7 Å². The summed E-state index contributed by atoms with van der Waals surface area (Å²) < 4.78 is 34.7. The fourth-order valence-electron chi connectivity index (χ4n) is 5.08. The molecule has 2 heterocycles. The van der Waals surface area contributed by atoms with Crippen LogP contribution in [-0.2, 0) is 20.2 Å². The summed E-state index contributed by atoms with van der Waals surface area (Å²) in [6.07, 6.45) is 0. The summed E-state index contributed by atoms with van der Waals surface area (Å²) in [6, 6.07) is 22.0. The lowest BCUT2D eigenvalue weighted by Gasteiger charge is -2.28. The molecule has 0 unspecified atom stereocenters. The normalized spacial score (nSPS) is 14.7. The van der Waals surface area contributed by atoms with Crippen molar-refractivity contribution < 1.29 is 17.9 Å². The molecule has 0 bridgehead atoms. The first-order valence-corrected chi connectivity index (χ1v) is 15.4. The van der Waals surface area contributed by atoms with Gasteiger partial charge < -0.3 is 14.6 Å². The van der Waals surface area contributed by atoms with Gasteiger partial charge in [-0.05, 0) is 46.9 Å². The SMILES string of the molecule is CN(CCN1CCOCC1)C(=O)c1[nH]c2ccc(NS(=O)(=O)c3ccc(C(C)(C)C)cc3)cc2c1-c1ccccc1. The molecular weight excluding hydrogens is 536 g/mol. The van der Waals surface area contributed by atoms with Crippen molar-refractivity contribution in [1.82, 2.24) is 14.8 Å². The summed E-state index contributed by atoms with van der Waals surface area (Å²) in [5, 5.41) is 0.768. The number of aromatic amines is 1. The minimum absolute atomic E-state index is 0.0748. The second-order valence-corrected chi connectivity index (χ2v) is 13.2. The molecular formula is C32H38N4O4S. The van der Waals surface area contributed by atoms with Gasteiger partial charge >= 0.3 is 0 Å². The zero-order valence-electron chi connectivity index (χ0n) is 24.1. The predicted octanol–water partition coefficient (Wildman–Crippen LogP) is 5.34. The van der Waals surface area contributed by atoms with Crippen molar-refractivity contribution in [2.45, 2.75) is 31.1 Å². The smallest absolute Gasteiger partial charge is 0.270 e. The number of nitrogens with zero attached hydrogens (tertiary/aromatic N) is 2. The number of sulfonamides is 1. The maximum Gasteiger partial charge on any atom is 0.270 e. The monoisotopic (exact) mass is 574 g/mol. The van der Waals surface area contributed by atoms with E-state index in [4.69, 9.17) is 4.74 Å². The van der Waals surface area contributed by atoms with Crippen molar-refractivity contribution in [2.24, 2.45) is 0 Å². The van der Waals surface area contributed by atoms with E-state index >= 15 is 0 Å². The van der Waals surface area contributed by atoms with Gasteiger partial charge in [-0.25, -0.2) is 8.42 Å². The molecule has 1 saturated heterocycles. The fraction of sp³-hybridized carbons (Fsp3) is 0.344. The van der Waals surface area contributed by atoms with Gasteiger partial charge in [0.05, 0.1) is 18.1 Å². The van der Waals surface area contributed by atoms with Crippen LogP contribution in [0, 0.1) is 0 Å². The number of fused-ring (bicyclic) bond motifs is 1. The van der Waals surface area contributed by atoms with Crippen molar-refractivity contribution >= 4 is 32.5 Å². The van der Waals surface area contributed by atoms with Gasteiger partial charge in [0.15, 0.2) is 0 Å². The number of rotatable bonds is 8. The highest BCUT2D eigenvalue weighted by Gasteiger charge is 2.24. The largest absolute Gasteiger partial charge is 0.379 e. The van der Waals surface area contributed by atoms with Gasteiger partial charge in [-0.15, -0.1) is 0 Å². The lowest BCUT2D eigenvalue weighted by atomic mass is 9.87. The van der Waals surface area contributed by atoms with Gasteiger partial charge in [-0.3, -0.25) is 14.4 Å². The second-order valence-electron chi connectivity index (χ2n) is 11.6. The number of H-pyrrole nitrogens is 1. The zero-order valence-corrected chi connectivity index (χ0v) is 24.9. The van der Waals surface area contributed by atoms with Gasteiger partial charge in [0, 0.05) is 55.4 Å². The van der Waals surface area contributed by atoms with E-state index < -0.39 is 10.0 Å². The number of amides is 1. The first-order valence-electron chi connectivity index (χ1n) is 13.9. The fourth-order valence-corrected chi connectivity index (χ4v) is 6.13. The Balaban J connectivity index is 1.45. The molecule has 41 heavy (non-hydrogen) atoms. The van der Waals surface area contributed by atoms with Crippen LogP contribution in [0.5, 0.6) is 0 Å². The summed E-state index contributed by atoms with van der Waals surface area (Å²) in [6.45, 7) is 10.8. The Bertz CT molecular complexity index is 1620. The lowest BCUT2D eigenvalue weighted by molar-refractivity contribution is 0.0338. The van der Waals surface area contributed by atoms with Crippen LogP contribution < -0.4 is 4.72 Å². The third-order valence-corrected chi connectivity index (χ3v) is 8.96. The van der Waals surface area contributed by atoms with Crippen molar-refractivity contribution in [1.29, 1.82) is 0 Å². The molecule has 8 nitrogen and oxygen atoms in total. The molecule has 4 aromatic rings. The Kier molecular flexibility index (Phi) is 8.22. The van der Waals surface area contributed by atoms with Gasteiger partial charge in [-0.1, -0.05) is 63.2 Å². The van der Waals surface area contributed by atoms with Crippen molar-refractivity contribution in [2.75, 3.05) is 51.2 Å². The Morgan fingerprint density at radius 3 is 2.34 bits per heavy atom. The Hall–Kier alpha value is -3.66. The summed E-state index contributed by atoms with van der Waals surface area (Å²) in [5.74, 6) is -0.116. The molecule has 0 atom stereocenters. The van der Waals surface area contributed by atoms with Crippen LogP contribution in [0.15, 0.2) is 77.7 Å². The molecule has 1 fully saturated rings. The summed E-state index contributed by atoms with van der Waals surface area (Å²) in [5.41, 5.74) is 4.27. The average Bonchev–Trinajstić information content (AvgIpc) is 3.34. The minimum Gasteiger partial charge on any atom is -0.379 e. The van der Waals surface area contributed by atoms with E-state index in [9.17, 15) is 13.2 Å². The first-order chi connectivity index (χ1) is 19.5. The van der Waals surface area contributed by atoms with E-state index in [1.54, 1.807) is 29.2 Å². The maximum absolute atomic E-state index is 13.7. The van der Waals surface area contributed by atoms with Crippen LogP contribution in [0.1, 0.15) is 36.8 Å². The van der Waals surface area contributed by atoms with Crippen LogP contribution in [0.25, 0.3) is 22.0 Å². The number of carbonyl (C=O) groups excluding carboxylic acids is 1. The predicted molar refractivity (Wildman–Crippen MR) is 164 cm³/mol. The maximum atomic E-state index is 13.7. The number of nitrogens with one attached hydrogen (secondary N) is 2. The third-order valence-electron chi connectivity index (χ3n) is 7.56. The standard InChI is InChI=1S/C32H38N4O4S/c1-32(2,3)24-10-13-26(14-11-24)41(38,39)34-25-12-15-28-27(22-25)29(23-8-6-5-7-9-23)30(33-28)31(37)35(4)16-17-36-18-20-40-21-19-36/h5-15,22,33-34H,16-21H2,1-4H3. The highest BCUT2D eigenvalue weighted by molar-refractivity contribution is 7.92. The molecule has 0 radical (unpaired) electrons. The molecule has 1 aliphatic rings. The number of carbonyl (C=O) groups is 1. The number of likely N-dealkylation sites (N-methyl/N-ethyl adjacent to an activating group) is 1. The van der Waals surface area contributed by atoms with E-state index in [2.05, 4.69) is 35.4 Å². The van der Waals surface area contributed by atoms with E-state index in [1.807, 2.05) is 55.6 Å². The van der Waals surface area contributed by atoms with E-state index in [0.29, 0.717) is 31.1 Å². The number of ether oxygens (including phenoxy) is 1. The molecule has 216 valence electrons. The average molecular weight is 575 g/mol. The number of benzene rings is 3. The third kappa shape index (κ3) is 6.48. The molecule has 5 rings (SSSR count). The summed E-state index contributed by atoms with van der Waals surface area (Å²) in [4.78, 5) is 21.3. The first kappa shape index (κ1) is 28.9. The molecule has 1 aromatic heterocycles. The summed E-state index contributed by atoms with van der Waals surface area (Å²) in [7, 11) is -2.00. The van der Waals surface area contributed by atoms with E-state index in [0.717, 1.165) is 47.2 Å². The molecule has 1 aliphatic heterocycles. The van der Waals surface area contributed by atoms with Crippen molar-refractivity contribution in [3.63, 3.8) is 0 Å². The second kappa shape index (κ2) is 11.7. The highest BCUT2D eigenvalue weighted by atomic mass is 32.2. The zero-order chi connectivity index (χ0) is 29.2. The number of hydrogen-bond donors (Lipinski definition) is 2. The quantitative estimate of drug-likeness (QED) is 0.296. The lowest BCUT2D eigenvalue weighted by Crippen LogP contribution is -2.42. The number of hydrogen-bond acceptors (Lipinski definition) is 5. The van der Waals surface area contributed by atoms with Crippen LogP contribution in [0.2, 0.25) is 0 Å². The molecule has 3 aromatic carbocycles. The summed E-state index contributed by atoms with van der Waals surface area (Å²) >= 11 is 0. The van der Waals surface area contributed by atoms with Gasteiger partial charge in [-0.2, -0.15) is 0 Å². The highest BCUT2D eigenvalue weighted by Crippen LogP contribution is 2.35. The van der Waals surface area contributed by atoms with Crippen LogP contribution >= 0.6 is 0 Å². The molecule has 1 amide bonds. The molecule has 2 N–H and O–H groups in total. The van der Waals surface area contributed by atoms with Gasteiger partial charge in [0.25, 0.3) is 15.9 Å². The number of anilines is 1. The van der Waals surface area contributed by atoms with Crippen LogP contribution in [0.3, 0.4) is 0 Å². The molecule has 9 heteroatoms. The van der Waals surface area contributed by atoms with E-state index in [-0.39, 0.29) is 16.2 Å². The van der Waals surface area contributed by atoms with Crippen LogP contribution in [-0.4, -0.2) is 75.5 Å². The van der Waals surface area contributed by atoms with Gasteiger partial charge in [0.2, 0.25) is 0 Å². The van der Waals surface area contributed by atoms with Crippen LogP contribution in [0.4, 0.5) is 5.69 Å². The Morgan fingerprint density at radius 2 is 1.68 bits per heavy atom. The number of aromatic nitrogens is 1. The van der Waals surface area contributed by atoms with E-state index in [1.165, 1.54) is 0 Å². The molecule has 0 aliphatic carbocycles. The molecule has 0 saturated carbocycles. The Morgan fingerprint density at radius 1 is 1.00 bits per heavy atom. The number of morpholine rings is 1.